The van der Waals surface area contributed by atoms with Crippen LogP contribution in [0.5, 0.6) is 0 Å². The molecule has 1 aliphatic rings. The van der Waals surface area contributed by atoms with Crippen molar-refractivity contribution in [3.8, 4) is 11.1 Å². The van der Waals surface area contributed by atoms with Crippen molar-refractivity contribution < 1.29 is 18.0 Å². The lowest BCUT2D eigenvalue weighted by Crippen LogP contribution is -2.27. The number of carbonyl (C=O) groups is 1. The summed E-state index contributed by atoms with van der Waals surface area (Å²) in [6, 6.07) is 10.8. The quantitative estimate of drug-likeness (QED) is 0.676. The number of nitrogens with zero attached hydrogens (tertiary/aromatic N) is 3. The molecule has 0 aliphatic carbocycles. The molecule has 0 spiro atoms. The summed E-state index contributed by atoms with van der Waals surface area (Å²) in [7, 11) is 0. The van der Waals surface area contributed by atoms with Crippen LogP contribution in [0.1, 0.15) is 22.5 Å². The van der Waals surface area contributed by atoms with Crippen molar-refractivity contribution in [1.29, 1.82) is 0 Å². The molecule has 1 aromatic carbocycles. The first-order valence-corrected chi connectivity index (χ1v) is 9.45. The third kappa shape index (κ3) is 3.98. The van der Waals surface area contributed by atoms with Crippen molar-refractivity contribution in [2.24, 2.45) is 0 Å². The second-order valence-corrected chi connectivity index (χ2v) is 7.20. The van der Waals surface area contributed by atoms with Crippen LogP contribution >= 0.6 is 0 Å². The molecule has 154 valence electrons. The van der Waals surface area contributed by atoms with Crippen LogP contribution in [0, 0.1) is 12.7 Å². The van der Waals surface area contributed by atoms with Crippen molar-refractivity contribution in [3.63, 3.8) is 0 Å². The molecule has 0 radical (unpaired) electrons. The smallest absolute Gasteiger partial charge is 0.266 e. The van der Waals surface area contributed by atoms with Gasteiger partial charge in [0.2, 0.25) is 0 Å². The van der Waals surface area contributed by atoms with Gasteiger partial charge in [-0.25, -0.2) is 18.2 Å². The molecule has 3 heterocycles. The minimum absolute atomic E-state index is 0.0813. The summed E-state index contributed by atoms with van der Waals surface area (Å²) in [4.78, 5) is 22.6. The predicted octanol–water partition coefficient (Wildman–Crippen LogP) is 4.69. The molecule has 4 rings (SSSR count). The van der Waals surface area contributed by atoms with Crippen LogP contribution in [0.4, 0.5) is 24.7 Å². The van der Waals surface area contributed by atoms with Gasteiger partial charge in [-0.05, 0) is 31.2 Å². The largest absolute Gasteiger partial charge is 0.349 e. The van der Waals surface area contributed by atoms with Crippen LogP contribution in [0.15, 0.2) is 54.9 Å². The van der Waals surface area contributed by atoms with E-state index in [-0.39, 0.29) is 30.0 Å². The SMILES string of the molecule is Cc1cc(C(=O)Nc2c(-c3ccccc3F)ccnc2N2CCC(F)(F)C2)ccn1. The fraction of sp³-hybridized carbons (Fsp3) is 0.227. The van der Waals surface area contributed by atoms with Gasteiger partial charge in [-0.2, -0.15) is 0 Å². The van der Waals surface area contributed by atoms with Crippen LogP contribution in [0.25, 0.3) is 11.1 Å². The summed E-state index contributed by atoms with van der Waals surface area (Å²) in [6.07, 6.45) is 2.63. The number of benzene rings is 1. The molecule has 3 aromatic rings. The maximum Gasteiger partial charge on any atom is 0.266 e. The lowest BCUT2D eigenvalue weighted by atomic mass is 10.0. The minimum Gasteiger partial charge on any atom is -0.349 e. The van der Waals surface area contributed by atoms with Crippen LogP contribution < -0.4 is 10.2 Å². The lowest BCUT2D eigenvalue weighted by Gasteiger charge is -2.23. The highest BCUT2D eigenvalue weighted by atomic mass is 19.3. The van der Waals surface area contributed by atoms with Gasteiger partial charge in [-0.3, -0.25) is 9.78 Å². The van der Waals surface area contributed by atoms with Crippen LogP contribution in [-0.2, 0) is 0 Å². The van der Waals surface area contributed by atoms with Crippen LogP contribution in [-0.4, -0.2) is 34.9 Å². The van der Waals surface area contributed by atoms with Crippen molar-refractivity contribution in [1.82, 2.24) is 9.97 Å². The van der Waals surface area contributed by atoms with Gasteiger partial charge in [0, 0.05) is 47.7 Å². The number of halogens is 3. The Balaban J connectivity index is 1.81. The first-order chi connectivity index (χ1) is 14.3. The van der Waals surface area contributed by atoms with E-state index in [9.17, 15) is 18.0 Å². The van der Waals surface area contributed by atoms with Gasteiger partial charge in [0.25, 0.3) is 11.8 Å². The monoisotopic (exact) mass is 412 g/mol. The molecule has 0 unspecified atom stereocenters. The van der Waals surface area contributed by atoms with Gasteiger partial charge in [0.1, 0.15) is 5.82 Å². The number of hydrogen-bond donors (Lipinski definition) is 1. The van der Waals surface area contributed by atoms with Gasteiger partial charge in [-0.1, -0.05) is 18.2 Å². The molecule has 0 bridgehead atoms. The zero-order chi connectivity index (χ0) is 21.3. The molecular weight excluding hydrogens is 393 g/mol. The molecule has 30 heavy (non-hydrogen) atoms. The van der Waals surface area contributed by atoms with Crippen molar-refractivity contribution in [3.05, 3.63) is 71.9 Å². The van der Waals surface area contributed by atoms with E-state index < -0.39 is 24.2 Å². The molecule has 1 fully saturated rings. The zero-order valence-corrected chi connectivity index (χ0v) is 16.2. The summed E-state index contributed by atoms with van der Waals surface area (Å²) in [5.41, 5.74) is 1.81. The number of carbonyl (C=O) groups excluding carboxylic acids is 1. The number of anilines is 2. The van der Waals surface area contributed by atoms with E-state index in [4.69, 9.17) is 0 Å². The van der Waals surface area contributed by atoms with E-state index in [1.165, 1.54) is 23.4 Å². The molecule has 1 amide bonds. The number of alkyl halides is 2. The average Bonchev–Trinajstić information content (AvgIpc) is 3.08. The molecule has 0 atom stereocenters. The molecule has 1 N–H and O–H groups in total. The normalized spacial score (nSPS) is 15.3. The summed E-state index contributed by atoms with van der Waals surface area (Å²) >= 11 is 0. The molecular formula is C22H19F3N4O. The number of rotatable bonds is 4. The predicted molar refractivity (Wildman–Crippen MR) is 108 cm³/mol. The van der Waals surface area contributed by atoms with E-state index in [1.807, 2.05) is 0 Å². The Morgan fingerprint density at radius 3 is 2.57 bits per heavy atom. The molecule has 5 nitrogen and oxygen atoms in total. The molecule has 8 heteroatoms. The summed E-state index contributed by atoms with van der Waals surface area (Å²) in [6.45, 7) is 1.32. The Morgan fingerprint density at radius 2 is 1.87 bits per heavy atom. The Bertz CT molecular complexity index is 1100. The standard InChI is InChI=1S/C22H19F3N4O/c1-14-12-15(6-9-26-14)21(30)28-19-17(16-4-2-3-5-18(16)23)7-10-27-20(19)29-11-8-22(24,25)13-29/h2-7,9-10,12H,8,11,13H2,1H3,(H,28,30). The maximum atomic E-state index is 14.5. The highest BCUT2D eigenvalue weighted by Crippen LogP contribution is 2.39. The fourth-order valence-corrected chi connectivity index (χ4v) is 3.51. The zero-order valence-electron chi connectivity index (χ0n) is 16.2. The maximum absolute atomic E-state index is 14.5. The van der Waals surface area contributed by atoms with Crippen molar-refractivity contribution in [2.75, 3.05) is 23.3 Å². The highest BCUT2D eigenvalue weighted by molar-refractivity contribution is 6.08. The number of aryl methyl sites for hydroxylation is 1. The van der Waals surface area contributed by atoms with Crippen LogP contribution in [0.2, 0.25) is 0 Å². The minimum atomic E-state index is -2.85. The Hall–Kier alpha value is -3.42. The highest BCUT2D eigenvalue weighted by Gasteiger charge is 2.40. The number of aromatic nitrogens is 2. The molecule has 2 aromatic heterocycles. The second kappa shape index (κ2) is 7.78. The number of nitrogens with one attached hydrogen (secondary N) is 1. The van der Waals surface area contributed by atoms with Gasteiger partial charge >= 0.3 is 0 Å². The summed E-state index contributed by atoms with van der Waals surface area (Å²) in [5, 5.41) is 2.77. The van der Waals surface area contributed by atoms with Gasteiger partial charge in [0.15, 0.2) is 5.82 Å². The Morgan fingerprint density at radius 1 is 1.10 bits per heavy atom. The van der Waals surface area contributed by atoms with E-state index in [0.29, 0.717) is 16.8 Å². The summed E-state index contributed by atoms with van der Waals surface area (Å²) < 4.78 is 42.2. The Kier molecular flexibility index (Phi) is 5.15. The fourth-order valence-electron chi connectivity index (χ4n) is 3.51. The first-order valence-electron chi connectivity index (χ1n) is 9.45. The summed E-state index contributed by atoms with van der Waals surface area (Å²) in [5.74, 6) is -3.61. The van der Waals surface area contributed by atoms with E-state index in [2.05, 4.69) is 15.3 Å². The number of pyridine rings is 2. The van der Waals surface area contributed by atoms with Crippen LogP contribution in [0.3, 0.4) is 0 Å². The number of amides is 1. The Labute approximate surface area is 171 Å². The van der Waals surface area contributed by atoms with E-state index in [0.717, 1.165) is 0 Å². The van der Waals surface area contributed by atoms with E-state index in [1.54, 1.807) is 43.3 Å². The van der Waals surface area contributed by atoms with Gasteiger partial charge in [-0.15, -0.1) is 0 Å². The van der Waals surface area contributed by atoms with Crippen molar-refractivity contribution in [2.45, 2.75) is 19.3 Å². The molecule has 1 aliphatic heterocycles. The molecule has 0 saturated carbocycles. The van der Waals surface area contributed by atoms with E-state index >= 15 is 0 Å². The van der Waals surface area contributed by atoms with Gasteiger partial charge in [0.05, 0.1) is 12.2 Å². The third-order valence-electron chi connectivity index (χ3n) is 4.96. The topological polar surface area (TPSA) is 58.1 Å². The second-order valence-electron chi connectivity index (χ2n) is 7.20. The molecule has 1 saturated heterocycles. The lowest BCUT2D eigenvalue weighted by molar-refractivity contribution is 0.0257. The first kappa shape index (κ1) is 19.9. The average molecular weight is 412 g/mol. The third-order valence-corrected chi connectivity index (χ3v) is 4.96. The van der Waals surface area contributed by atoms with Gasteiger partial charge < -0.3 is 10.2 Å². The number of hydrogen-bond acceptors (Lipinski definition) is 4. The van der Waals surface area contributed by atoms with Crippen molar-refractivity contribution >= 4 is 17.4 Å².